The summed E-state index contributed by atoms with van der Waals surface area (Å²) in [5.41, 5.74) is 0.820. The van der Waals surface area contributed by atoms with E-state index in [2.05, 4.69) is 4.72 Å². The molecule has 1 N–H and O–H groups in total. The van der Waals surface area contributed by atoms with Crippen molar-refractivity contribution in [2.24, 2.45) is 0 Å². The lowest BCUT2D eigenvalue weighted by Gasteiger charge is -2.32. The SMILES string of the molecule is CCNS(=O)(=O)N1CCOC(c2ccccc2Cl)C1. The number of benzene rings is 1. The highest BCUT2D eigenvalue weighted by Gasteiger charge is 2.30. The number of morpholine rings is 1. The summed E-state index contributed by atoms with van der Waals surface area (Å²) in [5.74, 6) is 0. The molecular formula is C12H17ClN2O3S. The van der Waals surface area contributed by atoms with Gasteiger partial charge < -0.3 is 4.74 Å². The van der Waals surface area contributed by atoms with Gasteiger partial charge in [-0.3, -0.25) is 0 Å². The highest BCUT2D eigenvalue weighted by atomic mass is 35.5. The molecule has 0 aromatic heterocycles. The first-order valence-electron chi connectivity index (χ1n) is 6.15. The number of hydrogen-bond acceptors (Lipinski definition) is 3. The molecule has 0 aliphatic carbocycles. The predicted molar refractivity (Wildman–Crippen MR) is 74.3 cm³/mol. The molecule has 1 aromatic carbocycles. The fourth-order valence-corrected chi connectivity index (χ4v) is 3.49. The van der Waals surface area contributed by atoms with Crippen molar-refractivity contribution in [2.45, 2.75) is 13.0 Å². The van der Waals surface area contributed by atoms with Gasteiger partial charge in [0.15, 0.2) is 0 Å². The van der Waals surface area contributed by atoms with Crippen LogP contribution in [-0.2, 0) is 14.9 Å². The Bertz CT molecular complexity index is 536. The standard InChI is InChI=1S/C12H17ClN2O3S/c1-2-14-19(16,17)15-7-8-18-12(9-15)10-5-3-4-6-11(10)13/h3-6,12,14H,2,7-9H2,1H3. The third-order valence-electron chi connectivity index (χ3n) is 2.95. The number of nitrogens with one attached hydrogen (secondary N) is 1. The Morgan fingerprint density at radius 1 is 1.47 bits per heavy atom. The molecule has 0 radical (unpaired) electrons. The third kappa shape index (κ3) is 3.46. The first kappa shape index (κ1) is 14.7. The van der Waals surface area contributed by atoms with E-state index in [1.54, 1.807) is 13.0 Å². The molecule has 0 spiro atoms. The number of ether oxygens (including phenoxy) is 1. The molecule has 1 atom stereocenters. The van der Waals surface area contributed by atoms with Crippen LogP contribution in [-0.4, -0.2) is 39.0 Å². The predicted octanol–water partition coefficient (Wildman–Crippen LogP) is 1.57. The Balaban J connectivity index is 2.16. The van der Waals surface area contributed by atoms with Crippen LogP contribution in [0.5, 0.6) is 0 Å². The van der Waals surface area contributed by atoms with Gasteiger partial charge in [0.2, 0.25) is 0 Å². The molecule has 1 saturated heterocycles. The summed E-state index contributed by atoms with van der Waals surface area (Å²) < 4.78 is 33.5. The molecule has 19 heavy (non-hydrogen) atoms. The van der Waals surface area contributed by atoms with Crippen molar-refractivity contribution in [3.63, 3.8) is 0 Å². The van der Waals surface area contributed by atoms with Gasteiger partial charge in [-0.2, -0.15) is 12.7 Å². The molecule has 106 valence electrons. The molecule has 1 aliphatic rings. The van der Waals surface area contributed by atoms with Gasteiger partial charge >= 0.3 is 0 Å². The molecule has 7 heteroatoms. The van der Waals surface area contributed by atoms with E-state index in [0.29, 0.717) is 24.7 Å². The second-order valence-corrected chi connectivity index (χ2v) is 6.40. The van der Waals surface area contributed by atoms with E-state index in [-0.39, 0.29) is 12.6 Å². The number of halogens is 1. The average Bonchev–Trinajstić information content (AvgIpc) is 2.39. The maximum absolute atomic E-state index is 12.0. The van der Waals surface area contributed by atoms with Crippen LogP contribution >= 0.6 is 11.6 Å². The highest BCUT2D eigenvalue weighted by Crippen LogP contribution is 2.28. The Morgan fingerprint density at radius 3 is 2.89 bits per heavy atom. The first-order chi connectivity index (χ1) is 9.04. The summed E-state index contributed by atoms with van der Waals surface area (Å²) in [4.78, 5) is 0. The summed E-state index contributed by atoms with van der Waals surface area (Å²) in [6, 6.07) is 7.33. The molecule has 0 saturated carbocycles. The lowest BCUT2D eigenvalue weighted by molar-refractivity contribution is -0.00284. The quantitative estimate of drug-likeness (QED) is 0.918. The maximum Gasteiger partial charge on any atom is 0.279 e. The second kappa shape index (κ2) is 6.19. The summed E-state index contributed by atoms with van der Waals surface area (Å²) in [5, 5.41) is 0.593. The zero-order chi connectivity index (χ0) is 13.9. The molecule has 0 bridgehead atoms. The van der Waals surface area contributed by atoms with E-state index in [1.807, 2.05) is 18.2 Å². The fourth-order valence-electron chi connectivity index (χ4n) is 2.04. The zero-order valence-corrected chi connectivity index (χ0v) is 12.2. The normalized spacial score (nSPS) is 21.5. The van der Waals surface area contributed by atoms with Crippen LogP contribution in [0.15, 0.2) is 24.3 Å². The van der Waals surface area contributed by atoms with Gasteiger partial charge in [0, 0.05) is 30.2 Å². The van der Waals surface area contributed by atoms with Crippen LogP contribution in [0.25, 0.3) is 0 Å². The molecule has 1 heterocycles. The Morgan fingerprint density at radius 2 is 2.21 bits per heavy atom. The minimum absolute atomic E-state index is 0.277. The van der Waals surface area contributed by atoms with E-state index < -0.39 is 10.2 Å². The van der Waals surface area contributed by atoms with Gasteiger partial charge in [-0.15, -0.1) is 0 Å². The Hall–Kier alpha value is -0.660. The summed E-state index contributed by atoms with van der Waals surface area (Å²) in [6.07, 6.45) is -0.323. The van der Waals surface area contributed by atoms with Crippen molar-refractivity contribution in [3.05, 3.63) is 34.9 Å². The van der Waals surface area contributed by atoms with Crippen LogP contribution in [0.4, 0.5) is 0 Å². The van der Waals surface area contributed by atoms with Gasteiger partial charge in [0.25, 0.3) is 10.2 Å². The van der Waals surface area contributed by atoms with Gasteiger partial charge in [-0.1, -0.05) is 36.7 Å². The third-order valence-corrected chi connectivity index (χ3v) is 4.96. The zero-order valence-electron chi connectivity index (χ0n) is 10.7. The van der Waals surface area contributed by atoms with Gasteiger partial charge in [-0.05, 0) is 6.07 Å². The monoisotopic (exact) mass is 304 g/mol. The Labute approximate surface area is 118 Å². The fraction of sp³-hybridized carbons (Fsp3) is 0.500. The topological polar surface area (TPSA) is 58.6 Å². The number of hydrogen-bond donors (Lipinski definition) is 1. The largest absolute Gasteiger partial charge is 0.371 e. The molecule has 1 aliphatic heterocycles. The molecule has 5 nitrogen and oxygen atoms in total. The average molecular weight is 305 g/mol. The lowest BCUT2D eigenvalue weighted by Crippen LogP contribution is -2.47. The van der Waals surface area contributed by atoms with Crippen molar-refractivity contribution in [1.82, 2.24) is 9.03 Å². The summed E-state index contributed by atoms with van der Waals surface area (Å²) >= 11 is 6.12. The van der Waals surface area contributed by atoms with Crippen molar-refractivity contribution < 1.29 is 13.2 Å². The summed E-state index contributed by atoms with van der Waals surface area (Å²) in [7, 11) is -3.43. The van der Waals surface area contributed by atoms with Gasteiger partial charge in [0.1, 0.15) is 0 Å². The first-order valence-corrected chi connectivity index (χ1v) is 7.97. The van der Waals surface area contributed by atoms with Gasteiger partial charge in [0.05, 0.1) is 12.7 Å². The van der Waals surface area contributed by atoms with Crippen molar-refractivity contribution >= 4 is 21.8 Å². The van der Waals surface area contributed by atoms with Gasteiger partial charge in [-0.25, -0.2) is 4.72 Å². The molecule has 0 amide bonds. The van der Waals surface area contributed by atoms with Crippen LogP contribution in [0.3, 0.4) is 0 Å². The smallest absolute Gasteiger partial charge is 0.279 e. The van der Waals surface area contributed by atoms with Crippen LogP contribution in [0, 0.1) is 0 Å². The van der Waals surface area contributed by atoms with E-state index in [0.717, 1.165) is 5.56 Å². The van der Waals surface area contributed by atoms with E-state index in [1.165, 1.54) is 4.31 Å². The molecule has 1 unspecified atom stereocenters. The van der Waals surface area contributed by atoms with Crippen LogP contribution in [0.1, 0.15) is 18.6 Å². The number of nitrogens with zero attached hydrogens (tertiary/aromatic N) is 1. The molecule has 1 fully saturated rings. The van der Waals surface area contributed by atoms with Crippen LogP contribution in [0.2, 0.25) is 5.02 Å². The summed E-state index contributed by atoms with van der Waals surface area (Å²) in [6.45, 7) is 3.12. The van der Waals surface area contributed by atoms with E-state index in [4.69, 9.17) is 16.3 Å². The maximum atomic E-state index is 12.0. The minimum Gasteiger partial charge on any atom is -0.371 e. The molecular weight excluding hydrogens is 288 g/mol. The van der Waals surface area contributed by atoms with Crippen molar-refractivity contribution in [1.29, 1.82) is 0 Å². The molecule has 1 aromatic rings. The van der Waals surface area contributed by atoms with E-state index >= 15 is 0 Å². The van der Waals surface area contributed by atoms with Crippen molar-refractivity contribution in [2.75, 3.05) is 26.2 Å². The number of rotatable bonds is 4. The van der Waals surface area contributed by atoms with E-state index in [9.17, 15) is 8.42 Å². The van der Waals surface area contributed by atoms with Crippen LogP contribution < -0.4 is 4.72 Å². The second-order valence-electron chi connectivity index (χ2n) is 4.24. The highest BCUT2D eigenvalue weighted by molar-refractivity contribution is 7.87. The molecule has 2 rings (SSSR count). The lowest BCUT2D eigenvalue weighted by atomic mass is 10.1. The Kier molecular flexibility index (Phi) is 4.81. The van der Waals surface area contributed by atoms with Crippen molar-refractivity contribution in [3.8, 4) is 0 Å². The minimum atomic E-state index is -3.43.